The number of nitrogens with zero attached hydrogens (tertiary/aromatic N) is 4. The third-order valence-electron chi connectivity index (χ3n) is 6.17. The van der Waals surface area contributed by atoms with Crippen LogP contribution in [-0.2, 0) is 16.5 Å². The van der Waals surface area contributed by atoms with Crippen LogP contribution >= 0.6 is 0 Å². The predicted octanol–water partition coefficient (Wildman–Crippen LogP) is 3.92. The summed E-state index contributed by atoms with van der Waals surface area (Å²) in [4.78, 5) is 34.3. The average molecular weight is 473 g/mol. The normalized spacial score (nSPS) is 17.8. The Bertz CT molecular complexity index is 1010. The number of esters is 1. The molecule has 186 valence electrons. The molecule has 0 saturated heterocycles. The number of rotatable bonds is 9. The van der Waals surface area contributed by atoms with E-state index in [9.17, 15) is 9.59 Å². The summed E-state index contributed by atoms with van der Waals surface area (Å²) < 4.78 is 12.3. The van der Waals surface area contributed by atoms with E-state index < -0.39 is 12.1 Å². The molecule has 2 aromatic rings. The fourth-order valence-corrected chi connectivity index (χ4v) is 4.16. The van der Waals surface area contributed by atoms with Crippen LogP contribution in [0.5, 0.6) is 0 Å². The molecule has 1 aliphatic rings. The quantitative estimate of drug-likeness (QED) is 0.416. The second-order valence-corrected chi connectivity index (χ2v) is 8.62. The Kier molecular flexibility index (Phi) is 8.84. The first-order valence-corrected chi connectivity index (χ1v) is 12.1. The summed E-state index contributed by atoms with van der Waals surface area (Å²) in [6, 6.07) is -0.150. The number of hydrogen-bond donors (Lipinski definition) is 2. The van der Waals surface area contributed by atoms with E-state index in [2.05, 4.69) is 27.6 Å². The summed E-state index contributed by atoms with van der Waals surface area (Å²) in [5, 5.41) is 10.7. The Morgan fingerprint density at radius 1 is 1.12 bits per heavy atom. The lowest BCUT2D eigenvalue weighted by Gasteiger charge is -2.32. The van der Waals surface area contributed by atoms with Gasteiger partial charge in [0.05, 0.1) is 36.8 Å². The molecule has 0 aromatic carbocycles. The Morgan fingerprint density at radius 2 is 1.85 bits per heavy atom. The summed E-state index contributed by atoms with van der Waals surface area (Å²) in [5.74, 6) is -0.0568. The molecule has 10 nitrogen and oxygen atoms in total. The van der Waals surface area contributed by atoms with Gasteiger partial charge in [-0.15, -0.1) is 0 Å². The van der Waals surface area contributed by atoms with E-state index in [0.29, 0.717) is 29.5 Å². The lowest BCUT2D eigenvalue weighted by Crippen LogP contribution is -2.49. The fourth-order valence-electron chi connectivity index (χ4n) is 4.16. The van der Waals surface area contributed by atoms with E-state index in [1.807, 2.05) is 14.0 Å². The smallest absolute Gasteiger partial charge is 0.407 e. The molecule has 2 atom stereocenters. The van der Waals surface area contributed by atoms with Gasteiger partial charge in [-0.05, 0) is 40.0 Å². The molecule has 1 fully saturated rings. The van der Waals surface area contributed by atoms with Gasteiger partial charge in [0.15, 0.2) is 0 Å². The lowest BCUT2D eigenvalue weighted by atomic mass is 9.90. The second-order valence-electron chi connectivity index (χ2n) is 8.62. The molecule has 0 aliphatic heterocycles. The maximum atomic E-state index is 12.7. The van der Waals surface area contributed by atoms with Gasteiger partial charge in [0.1, 0.15) is 5.56 Å². The van der Waals surface area contributed by atoms with Crippen molar-refractivity contribution in [1.29, 1.82) is 0 Å². The molecule has 0 unspecified atom stereocenters. The molecular formula is C24H36N6O4. The largest absolute Gasteiger partial charge is 0.462 e. The minimum absolute atomic E-state index is 0.0526. The molecular weight excluding hydrogens is 436 g/mol. The van der Waals surface area contributed by atoms with Gasteiger partial charge in [-0.1, -0.05) is 26.2 Å². The third-order valence-corrected chi connectivity index (χ3v) is 6.17. The highest BCUT2D eigenvalue weighted by Crippen LogP contribution is 2.29. The molecule has 2 heterocycles. The SMILES string of the molecule is CCCCOC(=O)N[C@H]1CCCC[C@H]1Nc1nc(C)c(C(=O)OCC)c(-c2cnn(C)c2C)n1. The molecule has 0 radical (unpaired) electrons. The van der Waals surface area contributed by atoms with Crippen LogP contribution in [0.3, 0.4) is 0 Å². The molecule has 0 spiro atoms. The van der Waals surface area contributed by atoms with Crippen LogP contribution in [0.25, 0.3) is 11.3 Å². The molecule has 34 heavy (non-hydrogen) atoms. The molecule has 10 heteroatoms. The van der Waals surface area contributed by atoms with E-state index >= 15 is 0 Å². The summed E-state index contributed by atoms with van der Waals surface area (Å²) >= 11 is 0. The standard InChI is InChI=1S/C24H36N6O4/c1-6-8-13-34-24(32)28-19-12-10-9-11-18(19)27-23-26-15(3)20(22(31)33-7-2)21(29-23)17-14-25-30(5)16(17)4/h14,18-19H,6-13H2,1-5H3,(H,28,32)(H,26,27,29)/t18-,19+/m1/s1. The number of aryl methyl sites for hydroxylation is 2. The Morgan fingerprint density at radius 3 is 2.50 bits per heavy atom. The minimum atomic E-state index is -0.461. The van der Waals surface area contributed by atoms with Crippen molar-refractivity contribution in [3.05, 3.63) is 23.1 Å². The zero-order valence-electron chi connectivity index (χ0n) is 20.8. The first kappa shape index (κ1) is 25.5. The van der Waals surface area contributed by atoms with E-state index in [4.69, 9.17) is 14.5 Å². The van der Waals surface area contributed by atoms with Gasteiger partial charge in [-0.25, -0.2) is 19.6 Å². The number of carbonyl (C=O) groups is 2. The summed E-state index contributed by atoms with van der Waals surface area (Å²) in [5.41, 5.74) is 2.96. The van der Waals surface area contributed by atoms with E-state index in [0.717, 1.165) is 49.8 Å². The number of amides is 1. The van der Waals surface area contributed by atoms with Gasteiger partial charge < -0.3 is 20.1 Å². The van der Waals surface area contributed by atoms with Crippen molar-refractivity contribution < 1.29 is 19.1 Å². The number of ether oxygens (including phenoxy) is 2. The number of unbranched alkanes of at least 4 members (excludes halogenated alkanes) is 1. The van der Waals surface area contributed by atoms with Crippen molar-refractivity contribution in [3.63, 3.8) is 0 Å². The van der Waals surface area contributed by atoms with E-state index in [1.165, 1.54) is 0 Å². The highest BCUT2D eigenvalue weighted by molar-refractivity contribution is 5.97. The van der Waals surface area contributed by atoms with Crippen molar-refractivity contribution in [2.24, 2.45) is 7.05 Å². The number of alkyl carbamates (subject to hydrolysis) is 1. The molecule has 2 N–H and O–H groups in total. The molecule has 0 bridgehead atoms. The third kappa shape index (κ3) is 6.03. The minimum Gasteiger partial charge on any atom is -0.462 e. The first-order chi connectivity index (χ1) is 16.3. The number of nitrogens with one attached hydrogen (secondary N) is 2. The molecule has 3 rings (SSSR count). The van der Waals surface area contributed by atoms with Crippen LogP contribution in [-0.4, -0.2) is 57.1 Å². The maximum Gasteiger partial charge on any atom is 0.407 e. The maximum absolute atomic E-state index is 12.7. The number of anilines is 1. The van der Waals surface area contributed by atoms with Crippen LogP contribution in [0.2, 0.25) is 0 Å². The Hall–Kier alpha value is -3.17. The highest BCUT2D eigenvalue weighted by Gasteiger charge is 2.29. The van der Waals surface area contributed by atoms with Crippen molar-refractivity contribution in [2.45, 2.75) is 78.3 Å². The van der Waals surface area contributed by atoms with Crippen LogP contribution < -0.4 is 10.6 Å². The van der Waals surface area contributed by atoms with Crippen molar-refractivity contribution >= 4 is 18.0 Å². The summed E-state index contributed by atoms with van der Waals surface area (Å²) in [6.07, 6.45) is 6.89. The molecule has 1 amide bonds. The van der Waals surface area contributed by atoms with Crippen LogP contribution in [0.1, 0.15) is 74.1 Å². The Labute approximate surface area is 200 Å². The van der Waals surface area contributed by atoms with Gasteiger partial charge in [-0.3, -0.25) is 4.68 Å². The van der Waals surface area contributed by atoms with Gasteiger partial charge in [-0.2, -0.15) is 5.10 Å². The molecule has 2 aromatic heterocycles. The van der Waals surface area contributed by atoms with Gasteiger partial charge in [0.2, 0.25) is 5.95 Å². The predicted molar refractivity (Wildman–Crippen MR) is 129 cm³/mol. The second kappa shape index (κ2) is 11.8. The van der Waals surface area contributed by atoms with Gasteiger partial charge >= 0.3 is 12.1 Å². The van der Waals surface area contributed by atoms with Gasteiger partial charge in [0.25, 0.3) is 0 Å². The van der Waals surface area contributed by atoms with Crippen molar-refractivity contribution in [1.82, 2.24) is 25.1 Å². The van der Waals surface area contributed by atoms with Crippen LogP contribution in [0.4, 0.5) is 10.7 Å². The monoisotopic (exact) mass is 472 g/mol. The van der Waals surface area contributed by atoms with Crippen molar-refractivity contribution in [3.8, 4) is 11.3 Å². The summed E-state index contributed by atoms with van der Waals surface area (Å²) in [6.45, 7) is 8.19. The van der Waals surface area contributed by atoms with Gasteiger partial charge in [0, 0.05) is 24.3 Å². The van der Waals surface area contributed by atoms with Crippen molar-refractivity contribution in [2.75, 3.05) is 18.5 Å². The number of hydrogen-bond acceptors (Lipinski definition) is 8. The fraction of sp³-hybridized carbons (Fsp3) is 0.625. The summed E-state index contributed by atoms with van der Waals surface area (Å²) in [7, 11) is 1.84. The highest BCUT2D eigenvalue weighted by atomic mass is 16.5. The molecule has 1 aliphatic carbocycles. The number of carbonyl (C=O) groups excluding carboxylic acids is 2. The number of aromatic nitrogens is 4. The van der Waals surface area contributed by atoms with Crippen LogP contribution in [0.15, 0.2) is 6.20 Å². The van der Waals surface area contributed by atoms with E-state index in [-0.39, 0.29) is 18.7 Å². The first-order valence-electron chi connectivity index (χ1n) is 12.1. The average Bonchev–Trinajstić information content (AvgIpc) is 3.13. The molecule has 1 saturated carbocycles. The zero-order valence-corrected chi connectivity index (χ0v) is 20.8. The Balaban J connectivity index is 1.88. The topological polar surface area (TPSA) is 120 Å². The van der Waals surface area contributed by atoms with E-state index in [1.54, 1.807) is 24.7 Å². The lowest BCUT2D eigenvalue weighted by molar-refractivity contribution is 0.0525. The zero-order chi connectivity index (χ0) is 24.7. The van der Waals surface area contributed by atoms with Crippen LogP contribution in [0, 0.1) is 13.8 Å².